The van der Waals surface area contributed by atoms with Crippen molar-refractivity contribution in [1.82, 2.24) is 4.98 Å². The van der Waals surface area contributed by atoms with E-state index < -0.39 is 0 Å². The number of nitrogens with zero attached hydrogens (tertiary/aromatic N) is 3. The number of hydrogen-bond acceptors (Lipinski definition) is 7. The Morgan fingerprint density at radius 1 is 0.294 bits per heavy atom. The molecule has 0 fully saturated rings. The van der Waals surface area contributed by atoms with Crippen LogP contribution in [0.25, 0.3) is 10.8 Å². The Balaban J connectivity index is 0.979. The van der Waals surface area contributed by atoms with Crippen molar-refractivity contribution >= 4 is 45.0 Å². The third kappa shape index (κ3) is 10.7. The van der Waals surface area contributed by atoms with Gasteiger partial charge in [-0.3, -0.25) is 4.90 Å². The van der Waals surface area contributed by atoms with E-state index in [1.807, 2.05) is 128 Å². The van der Waals surface area contributed by atoms with Gasteiger partial charge < -0.3 is 23.8 Å². The Morgan fingerprint density at radius 2 is 0.632 bits per heavy atom. The van der Waals surface area contributed by atoms with Crippen molar-refractivity contribution in [2.45, 2.75) is 26.4 Å². The van der Waals surface area contributed by atoms with Crippen molar-refractivity contribution in [3.05, 3.63) is 271 Å². The molecule has 0 aliphatic rings. The zero-order valence-corrected chi connectivity index (χ0v) is 37.5. The van der Waals surface area contributed by atoms with Gasteiger partial charge in [-0.1, -0.05) is 121 Å². The summed E-state index contributed by atoms with van der Waals surface area (Å²) in [5, 5.41) is 2.03. The van der Waals surface area contributed by atoms with Crippen molar-refractivity contribution in [2.24, 2.45) is 0 Å². The van der Waals surface area contributed by atoms with E-state index in [0.29, 0.717) is 26.4 Å². The Labute approximate surface area is 397 Å². The molecule has 0 saturated carbocycles. The largest absolute Gasteiger partial charge is 0.489 e. The summed E-state index contributed by atoms with van der Waals surface area (Å²) >= 11 is 0. The molecule has 0 radical (unpaired) electrons. The molecule has 1 aromatic heterocycles. The van der Waals surface area contributed by atoms with Crippen LogP contribution in [0.4, 0.5) is 34.3 Å². The minimum atomic E-state index is 0.456. The van der Waals surface area contributed by atoms with Gasteiger partial charge in [-0.15, -0.1) is 0 Å². The van der Waals surface area contributed by atoms with E-state index in [2.05, 4.69) is 131 Å². The molecule has 10 rings (SSSR count). The summed E-state index contributed by atoms with van der Waals surface area (Å²) in [6.45, 7) is 1.90. The van der Waals surface area contributed by atoms with Gasteiger partial charge in [0.2, 0.25) is 0 Å². The van der Waals surface area contributed by atoms with Gasteiger partial charge in [0, 0.05) is 40.0 Å². The standard InChI is InChI=1S/C61H49N3O4/c1-5-13-46(14-6-1)42-67-58-34-29-52(30-35-58)63(51-25-21-48(22-26-51)44-65-56-17-9-3-10-18-56)55-33-38-60-50(41-55)39-40-62-61(60)64(53-27-23-49(24-28-53)45-66-57-19-11-4-12-20-57)54-31-36-59(37-32-54)68-43-47-15-7-2-8-16-47/h1-41H,42-45H2. The molecule has 0 saturated heterocycles. The van der Waals surface area contributed by atoms with E-state index in [4.69, 9.17) is 23.9 Å². The van der Waals surface area contributed by atoms with E-state index in [1.165, 1.54) is 0 Å². The summed E-state index contributed by atoms with van der Waals surface area (Å²) in [6.07, 6.45) is 1.89. The molecule has 332 valence electrons. The van der Waals surface area contributed by atoms with E-state index in [9.17, 15) is 0 Å². The summed E-state index contributed by atoms with van der Waals surface area (Å²) in [4.78, 5) is 9.55. The summed E-state index contributed by atoms with van der Waals surface area (Å²) in [5.74, 6) is 4.06. The Kier molecular flexibility index (Phi) is 13.3. The van der Waals surface area contributed by atoms with Crippen molar-refractivity contribution in [3.63, 3.8) is 0 Å². The number of benzene rings is 9. The fourth-order valence-electron chi connectivity index (χ4n) is 8.02. The molecule has 7 nitrogen and oxygen atoms in total. The number of anilines is 6. The van der Waals surface area contributed by atoms with Crippen LogP contribution in [0, 0.1) is 0 Å². The highest BCUT2D eigenvalue weighted by Gasteiger charge is 2.20. The third-order valence-corrected chi connectivity index (χ3v) is 11.6. The van der Waals surface area contributed by atoms with E-state index in [0.717, 1.165) is 90.3 Å². The van der Waals surface area contributed by atoms with Crippen LogP contribution in [-0.4, -0.2) is 4.98 Å². The lowest BCUT2D eigenvalue weighted by atomic mass is 10.1. The lowest BCUT2D eigenvalue weighted by Crippen LogP contribution is -2.13. The van der Waals surface area contributed by atoms with Crippen LogP contribution in [0.15, 0.2) is 249 Å². The smallest absolute Gasteiger partial charge is 0.145 e. The van der Waals surface area contributed by atoms with Gasteiger partial charge in [-0.25, -0.2) is 4.98 Å². The molecule has 0 aliphatic heterocycles. The van der Waals surface area contributed by atoms with Gasteiger partial charge in [-0.2, -0.15) is 0 Å². The number of fused-ring (bicyclic) bond motifs is 1. The predicted molar refractivity (Wildman–Crippen MR) is 274 cm³/mol. The maximum Gasteiger partial charge on any atom is 0.145 e. The Hall–Kier alpha value is -8.81. The zero-order chi connectivity index (χ0) is 45.7. The maximum absolute atomic E-state index is 6.20. The second-order valence-electron chi connectivity index (χ2n) is 16.3. The molecule has 10 aromatic rings. The minimum Gasteiger partial charge on any atom is -0.489 e. The highest BCUT2D eigenvalue weighted by molar-refractivity contribution is 5.99. The van der Waals surface area contributed by atoms with Crippen LogP contribution in [0.2, 0.25) is 0 Å². The molecule has 0 unspecified atom stereocenters. The highest BCUT2D eigenvalue weighted by atomic mass is 16.5. The van der Waals surface area contributed by atoms with Gasteiger partial charge in [0.25, 0.3) is 0 Å². The first-order chi connectivity index (χ1) is 33.7. The van der Waals surface area contributed by atoms with Crippen molar-refractivity contribution in [2.75, 3.05) is 9.80 Å². The molecule has 9 aromatic carbocycles. The average Bonchev–Trinajstić information content (AvgIpc) is 3.41. The number of pyridine rings is 1. The minimum absolute atomic E-state index is 0.456. The Bertz CT molecular complexity index is 2960. The molecule has 0 bridgehead atoms. The molecular formula is C61H49N3O4. The molecule has 68 heavy (non-hydrogen) atoms. The molecule has 0 amide bonds. The van der Waals surface area contributed by atoms with Gasteiger partial charge >= 0.3 is 0 Å². The SMILES string of the molecule is c1ccc(COc2ccc(N(c3ccc(COc4ccccc4)cc3)c3ccc4c(N(c5ccc(COc6ccccc6)cc5)c5ccc(OCc6ccccc6)cc5)nccc4c3)cc2)cc1. The molecule has 0 atom stereocenters. The molecular weight excluding hydrogens is 839 g/mol. The Morgan fingerprint density at radius 3 is 1.06 bits per heavy atom. The third-order valence-electron chi connectivity index (χ3n) is 11.6. The van der Waals surface area contributed by atoms with Crippen molar-refractivity contribution < 1.29 is 18.9 Å². The van der Waals surface area contributed by atoms with E-state index >= 15 is 0 Å². The molecule has 0 aliphatic carbocycles. The zero-order valence-electron chi connectivity index (χ0n) is 37.5. The van der Waals surface area contributed by atoms with Crippen LogP contribution < -0.4 is 28.7 Å². The van der Waals surface area contributed by atoms with Crippen molar-refractivity contribution in [1.29, 1.82) is 0 Å². The van der Waals surface area contributed by atoms with Crippen LogP contribution in [0.1, 0.15) is 22.3 Å². The lowest BCUT2D eigenvalue weighted by molar-refractivity contribution is 0.306. The molecule has 0 N–H and O–H groups in total. The maximum atomic E-state index is 6.20. The summed E-state index contributed by atoms with van der Waals surface area (Å²) in [6, 6.07) is 82.4. The fraction of sp³-hybridized carbons (Fsp3) is 0.0656. The van der Waals surface area contributed by atoms with Gasteiger partial charge in [0.05, 0.1) is 0 Å². The van der Waals surface area contributed by atoms with Crippen LogP contribution in [0.5, 0.6) is 23.0 Å². The predicted octanol–water partition coefficient (Wildman–Crippen LogP) is 15.5. The van der Waals surface area contributed by atoms with Crippen LogP contribution >= 0.6 is 0 Å². The first-order valence-electron chi connectivity index (χ1n) is 22.7. The summed E-state index contributed by atoms with van der Waals surface area (Å²) in [7, 11) is 0. The second kappa shape index (κ2) is 21.0. The number of para-hydroxylation sites is 2. The van der Waals surface area contributed by atoms with Crippen LogP contribution in [-0.2, 0) is 26.4 Å². The normalized spacial score (nSPS) is 10.9. The van der Waals surface area contributed by atoms with E-state index in [1.54, 1.807) is 0 Å². The number of ether oxygens (including phenoxy) is 4. The quantitative estimate of drug-likeness (QED) is 0.0851. The summed E-state index contributed by atoms with van der Waals surface area (Å²) < 4.78 is 24.6. The first kappa shape index (κ1) is 43.1. The van der Waals surface area contributed by atoms with Crippen LogP contribution in [0.3, 0.4) is 0 Å². The van der Waals surface area contributed by atoms with E-state index in [-0.39, 0.29) is 0 Å². The molecule has 7 heteroatoms. The highest BCUT2D eigenvalue weighted by Crippen LogP contribution is 2.42. The lowest BCUT2D eigenvalue weighted by Gasteiger charge is -2.28. The van der Waals surface area contributed by atoms with Gasteiger partial charge in [0.1, 0.15) is 55.2 Å². The fourth-order valence-corrected chi connectivity index (χ4v) is 8.02. The van der Waals surface area contributed by atoms with Gasteiger partial charge in [-0.05, 0) is 149 Å². The second-order valence-corrected chi connectivity index (χ2v) is 16.3. The van der Waals surface area contributed by atoms with Crippen molar-refractivity contribution in [3.8, 4) is 23.0 Å². The summed E-state index contributed by atoms with van der Waals surface area (Å²) in [5.41, 5.74) is 9.27. The first-order valence-corrected chi connectivity index (χ1v) is 22.7. The number of hydrogen-bond donors (Lipinski definition) is 0. The number of aromatic nitrogens is 1. The average molecular weight is 888 g/mol. The molecule has 1 heterocycles. The monoisotopic (exact) mass is 887 g/mol. The molecule has 0 spiro atoms. The topological polar surface area (TPSA) is 56.3 Å². The number of rotatable bonds is 18. The van der Waals surface area contributed by atoms with Gasteiger partial charge in [0.15, 0.2) is 0 Å².